The summed E-state index contributed by atoms with van der Waals surface area (Å²) in [5.41, 5.74) is 2.30. The lowest BCUT2D eigenvalue weighted by Gasteiger charge is -2.12. The number of alkyl halides is 3. The number of rotatable bonds is 5. The van der Waals surface area contributed by atoms with Crippen LogP contribution in [0.4, 0.5) is 19.0 Å². The van der Waals surface area contributed by atoms with Gasteiger partial charge in [-0.05, 0) is 37.1 Å². The van der Waals surface area contributed by atoms with Crippen molar-refractivity contribution < 1.29 is 18.0 Å². The first-order chi connectivity index (χ1) is 14.8. The molecule has 0 bridgehead atoms. The summed E-state index contributed by atoms with van der Waals surface area (Å²) in [5, 5.41) is 2.41. The number of nitrogens with zero attached hydrogens (tertiary/aromatic N) is 5. The minimum Gasteiger partial charge on any atom is -0.311 e. The quantitative estimate of drug-likeness (QED) is 0.520. The van der Waals surface area contributed by atoms with Gasteiger partial charge >= 0.3 is 6.18 Å². The van der Waals surface area contributed by atoms with Gasteiger partial charge in [0, 0.05) is 42.5 Å². The topological polar surface area (TPSA) is 85.1 Å². The number of halogens is 3. The fourth-order valence-electron chi connectivity index (χ4n) is 3.12. The summed E-state index contributed by atoms with van der Waals surface area (Å²) in [5.74, 6) is -0.571. The summed E-state index contributed by atoms with van der Waals surface area (Å²) < 4.78 is 40.9. The predicted octanol–water partition coefficient (Wildman–Crippen LogP) is 4.08. The molecule has 0 saturated carbocycles. The van der Waals surface area contributed by atoms with Crippen LogP contribution in [0.1, 0.15) is 23.2 Å². The number of carbonyl (C=O) groups is 1. The van der Waals surface area contributed by atoms with E-state index in [1.165, 1.54) is 6.92 Å². The monoisotopic (exact) mass is 426 g/mol. The third-order valence-electron chi connectivity index (χ3n) is 4.72. The highest BCUT2D eigenvalue weighted by atomic mass is 19.4. The molecule has 4 heterocycles. The zero-order valence-corrected chi connectivity index (χ0v) is 16.4. The Hall–Kier alpha value is -3.82. The van der Waals surface area contributed by atoms with Gasteiger partial charge in [0.25, 0.3) is 0 Å². The van der Waals surface area contributed by atoms with Crippen LogP contribution in [0.25, 0.3) is 16.9 Å². The molecule has 0 aliphatic carbocycles. The lowest BCUT2D eigenvalue weighted by molar-refractivity contribution is -0.138. The number of aromatic nitrogens is 5. The Kier molecular flexibility index (Phi) is 5.37. The number of nitrogens with one attached hydrogen (secondary N) is 1. The van der Waals surface area contributed by atoms with Gasteiger partial charge in [0.15, 0.2) is 5.65 Å². The number of hydrogen-bond acceptors (Lipinski definition) is 5. The molecule has 0 fully saturated rings. The summed E-state index contributed by atoms with van der Waals surface area (Å²) in [6.45, 7) is 1.32. The van der Waals surface area contributed by atoms with Gasteiger partial charge in [-0.2, -0.15) is 13.2 Å². The number of aryl methyl sites for hydroxylation is 2. The predicted molar refractivity (Wildman–Crippen MR) is 107 cm³/mol. The number of imidazole rings is 1. The third-order valence-corrected chi connectivity index (χ3v) is 4.72. The summed E-state index contributed by atoms with van der Waals surface area (Å²) in [7, 11) is 0. The molecular formula is C21H17F3N6O. The van der Waals surface area contributed by atoms with Crippen molar-refractivity contribution in [3.63, 3.8) is 0 Å². The summed E-state index contributed by atoms with van der Waals surface area (Å²) in [6, 6.07) is 4.52. The molecule has 0 aliphatic rings. The molecular weight excluding hydrogens is 409 g/mol. The minimum atomic E-state index is -4.50. The fourth-order valence-corrected chi connectivity index (χ4v) is 3.12. The van der Waals surface area contributed by atoms with Crippen LogP contribution < -0.4 is 5.32 Å². The number of fused-ring (bicyclic) bond motifs is 1. The molecule has 0 atom stereocenters. The fraction of sp³-hybridized carbons (Fsp3) is 0.190. The Morgan fingerprint density at radius 3 is 2.68 bits per heavy atom. The van der Waals surface area contributed by atoms with Crippen molar-refractivity contribution in [2.45, 2.75) is 25.9 Å². The highest BCUT2D eigenvalue weighted by Crippen LogP contribution is 2.32. The van der Waals surface area contributed by atoms with Crippen molar-refractivity contribution in [2.75, 3.05) is 5.32 Å². The van der Waals surface area contributed by atoms with Crippen molar-refractivity contribution >= 4 is 17.4 Å². The summed E-state index contributed by atoms with van der Waals surface area (Å²) >= 11 is 0. The first kappa shape index (κ1) is 20.5. The van der Waals surface area contributed by atoms with Crippen molar-refractivity contribution in [2.24, 2.45) is 0 Å². The zero-order valence-electron chi connectivity index (χ0n) is 16.4. The number of anilines is 1. The van der Waals surface area contributed by atoms with Crippen LogP contribution in [0.2, 0.25) is 0 Å². The second kappa shape index (κ2) is 8.13. The Morgan fingerprint density at radius 1 is 1.10 bits per heavy atom. The maximum Gasteiger partial charge on any atom is 0.416 e. The number of carbonyl (C=O) groups excluding carboxylic acids is 1. The SMILES string of the molecule is Cc1cnc(NC(=O)CCc2ccc(-c3cnc4cnccn34)cn2)cc1C(F)(F)F. The molecule has 31 heavy (non-hydrogen) atoms. The number of amides is 1. The van der Waals surface area contributed by atoms with E-state index >= 15 is 0 Å². The molecule has 1 amide bonds. The van der Waals surface area contributed by atoms with Crippen molar-refractivity contribution in [1.82, 2.24) is 24.3 Å². The van der Waals surface area contributed by atoms with Gasteiger partial charge in [0.1, 0.15) is 5.82 Å². The van der Waals surface area contributed by atoms with Crippen molar-refractivity contribution in [3.8, 4) is 11.3 Å². The third kappa shape index (κ3) is 4.52. The Balaban J connectivity index is 1.39. The van der Waals surface area contributed by atoms with Crippen LogP contribution in [0.15, 0.2) is 55.4 Å². The average molecular weight is 426 g/mol. The average Bonchev–Trinajstić information content (AvgIpc) is 3.17. The van der Waals surface area contributed by atoms with Gasteiger partial charge in [-0.1, -0.05) is 0 Å². The molecule has 0 aromatic carbocycles. The standard InChI is InChI=1S/C21H17F3N6O/c1-13-9-27-18(8-16(13)21(22,23)24)29-20(31)5-4-15-3-2-14(10-26-15)17-11-28-19-12-25-6-7-30(17)19/h2-3,6-12H,4-5H2,1H3,(H,27,29,31). The molecule has 4 aromatic heterocycles. The van der Waals surface area contributed by atoms with E-state index in [9.17, 15) is 18.0 Å². The van der Waals surface area contributed by atoms with Gasteiger partial charge in [-0.15, -0.1) is 0 Å². The molecule has 0 saturated heterocycles. The summed E-state index contributed by atoms with van der Waals surface area (Å²) in [4.78, 5) is 28.7. The van der Waals surface area contributed by atoms with E-state index in [4.69, 9.17) is 0 Å². The van der Waals surface area contributed by atoms with Gasteiger partial charge in [-0.25, -0.2) is 9.97 Å². The molecule has 158 valence electrons. The van der Waals surface area contributed by atoms with E-state index < -0.39 is 17.6 Å². The molecule has 10 heteroatoms. The van der Waals surface area contributed by atoms with Crippen LogP contribution in [0.3, 0.4) is 0 Å². The van der Waals surface area contributed by atoms with Crippen molar-refractivity contribution in [3.05, 3.63) is 72.2 Å². The summed E-state index contributed by atoms with van der Waals surface area (Å²) in [6.07, 6.45) is 5.53. The van der Waals surface area contributed by atoms with Crippen LogP contribution in [0, 0.1) is 6.92 Å². The second-order valence-corrected chi connectivity index (χ2v) is 6.92. The molecule has 0 spiro atoms. The van der Waals surface area contributed by atoms with Crippen LogP contribution in [-0.2, 0) is 17.4 Å². The van der Waals surface area contributed by atoms with Crippen LogP contribution in [0.5, 0.6) is 0 Å². The van der Waals surface area contributed by atoms with Gasteiger partial charge in [0.05, 0.1) is 23.7 Å². The van der Waals surface area contributed by atoms with Gasteiger partial charge in [0.2, 0.25) is 5.91 Å². The Morgan fingerprint density at radius 2 is 1.94 bits per heavy atom. The normalized spacial score (nSPS) is 11.6. The highest BCUT2D eigenvalue weighted by Gasteiger charge is 2.33. The molecule has 1 N–H and O–H groups in total. The van der Waals surface area contributed by atoms with Gasteiger partial charge < -0.3 is 5.32 Å². The lowest BCUT2D eigenvalue weighted by Crippen LogP contribution is -2.15. The lowest BCUT2D eigenvalue weighted by atomic mass is 10.1. The Labute approximate surface area is 175 Å². The molecule has 0 radical (unpaired) electrons. The van der Waals surface area contributed by atoms with E-state index in [0.29, 0.717) is 12.1 Å². The van der Waals surface area contributed by atoms with Crippen molar-refractivity contribution in [1.29, 1.82) is 0 Å². The second-order valence-electron chi connectivity index (χ2n) is 6.92. The number of hydrogen-bond donors (Lipinski definition) is 1. The highest BCUT2D eigenvalue weighted by molar-refractivity contribution is 5.90. The van der Waals surface area contributed by atoms with E-state index in [-0.39, 0.29) is 17.8 Å². The molecule has 0 unspecified atom stereocenters. The molecule has 0 aliphatic heterocycles. The smallest absolute Gasteiger partial charge is 0.311 e. The molecule has 4 aromatic rings. The maximum atomic E-state index is 13.0. The first-order valence-electron chi connectivity index (χ1n) is 9.37. The number of pyridine rings is 2. The van der Waals surface area contributed by atoms with Crippen LogP contribution in [-0.4, -0.2) is 30.2 Å². The largest absolute Gasteiger partial charge is 0.416 e. The molecule has 7 nitrogen and oxygen atoms in total. The minimum absolute atomic E-state index is 0.00276. The van der Waals surface area contributed by atoms with Crippen LogP contribution >= 0.6 is 0 Å². The van der Waals surface area contributed by atoms with E-state index in [1.807, 2.05) is 10.5 Å². The molecule has 4 rings (SSSR count). The van der Waals surface area contributed by atoms with Gasteiger partial charge in [-0.3, -0.25) is 19.2 Å². The van der Waals surface area contributed by atoms with E-state index in [1.54, 1.807) is 37.1 Å². The zero-order chi connectivity index (χ0) is 22.0. The van der Waals surface area contributed by atoms with E-state index in [0.717, 1.165) is 29.2 Å². The Bertz CT molecular complexity index is 1230. The van der Waals surface area contributed by atoms with E-state index in [2.05, 4.69) is 25.3 Å². The first-order valence-corrected chi connectivity index (χ1v) is 9.37. The maximum absolute atomic E-state index is 13.0.